The van der Waals surface area contributed by atoms with Crippen LogP contribution >= 0.6 is 11.6 Å². The van der Waals surface area contributed by atoms with Crippen LogP contribution in [0.5, 0.6) is 40.2 Å². The first kappa shape index (κ1) is 78.3. The Morgan fingerprint density at radius 2 is 0.822 bits per heavy atom. The molecule has 0 aliphatic heterocycles. The molecule has 0 bridgehead atoms. The lowest BCUT2D eigenvalue weighted by atomic mass is 9.83. The highest BCUT2D eigenvalue weighted by atomic mass is 35.5. The van der Waals surface area contributed by atoms with Gasteiger partial charge in [0.1, 0.15) is 40.2 Å². The van der Waals surface area contributed by atoms with Crippen molar-refractivity contribution < 1.29 is 58.6 Å². The first-order valence-electron chi connectivity index (χ1n) is 30.1. The molecular weight excluding hydrogens is 1160 g/mol. The van der Waals surface area contributed by atoms with Gasteiger partial charge in [-0.1, -0.05) is 113 Å². The number of benzene rings is 5. The maximum Gasteiger partial charge on any atom is 0.272 e. The molecule has 5 aromatic rings. The third kappa shape index (κ3) is 22.6. The molecular formula is C71H105ClN6O12. The van der Waals surface area contributed by atoms with Gasteiger partial charge in [0, 0.05) is 69.1 Å². The van der Waals surface area contributed by atoms with Crippen molar-refractivity contribution in [2.45, 2.75) is 161 Å². The second-order valence-corrected chi connectivity index (χ2v) is 25.2. The van der Waals surface area contributed by atoms with Crippen molar-refractivity contribution in [3.8, 4) is 40.2 Å². The third-order valence-corrected chi connectivity index (χ3v) is 15.5. The highest BCUT2D eigenvalue weighted by Gasteiger charge is 2.36. The van der Waals surface area contributed by atoms with Gasteiger partial charge in [-0.05, 0) is 142 Å². The summed E-state index contributed by atoms with van der Waals surface area (Å²) >= 11 is 5.36. The van der Waals surface area contributed by atoms with Crippen molar-refractivity contribution >= 4 is 40.5 Å². The van der Waals surface area contributed by atoms with Crippen LogP contribution in [-0.4, -0.2) is 102 Å². The molecule has 3 atom stereocenters. The second-order valence-electron chi connectivity index (χ2n) is 24.8. The average Bonchev–Trinajstić information content (AvgIpc) is 0.866. The van der Waals surface area contributed by atoms with E-state index >= 15 is 0 Å². The zero-order chi connectivity index (χ0) is 68.4. The monoisotopic (exact) mass is 1270 g/mol. The van der Waals surface area contributed by atoms with Gasteiger partial charge in [-0.15, -0.1) is 6.58 Å². The molecule has 0 aliphatic rings. The number of hydrogen-bond acceptors (Lipinski definition) is 14. The van der Waals surface area contributed by atoms with Gasteiger partial charge in [-0.25, -0.2) is 15.9 Å². The predicted octanol–water partition coefficient (Wildman–Crippen LogP) is 14.7. The van der Waals surface area contributed by atoms with E-state index in [2.05, 4.69) is 110 Å². The number of amides is 4. The van der Waals surface area contributed by atoms with Gasteiger partial charge in [0.25, 0.3) is 28.9 Å². The highest BCUT2D eigenvalue weighted by Crippen LogP contribution is 2.35. The molecule has 19 heteroatoms. The lowest BCUT2D eigenvalue weighted by Crippen LogP contribution is -2.56. The fourth-order valence-corrected chi connectivity index (χ4v) is 9.81. The number of hydrazine groups is 3. The van der Waals surface area contributed by atoms with Gasteiger partial charge >= 0.3 is 0 Å². The van der Waals surface area contributed by atoms with E-state index in [0.29, 0.717) is 74.3 Å². The predicted molar refractivity (Wildman–Crippen MR) is 363 cm³/mol. The number of methoxy groups -OCH3 is 7. The molecule has 0 unspecified atom stereocenters. The molecule has 0 fully saturated rings. The molecule has 0 radical (unpaired) electrons. The van der Waals surface area contributed by atoms with Crippen molar-refractivity contribution in [1.82, 2.24) is 32.1 Å². The van der Waals surface area contributed by atoms with Gasteiger partial charge in [-0.3, -0.25) is 40.3 Å². The summed E-state index contributed by atoms with van der Waals surface area (Å²) in [4.78, 5) is 62.9. The Morgan fingerprint density at radius 3 is 1.12 bits per heavy atom. The highest BCUT2D eigenvalue weighted by molar-refractivity contribution is 6.67. The lowest BCUT2D eigenvalue weighted by molar-refractivity contribution is 0.0270. The van der Waals surface area contributed by atoms with Gasteiger partial charge in [0.15, 0.2) is 0 Å². The number of carbonyl (C=O) groups excluding carboxylic acids is 5. The summed E-state index contributed by atoms with van der Waals surface area (Å²) in [6.45, 7) is 36.3. The van der Waals surface area contributed by atoms with Gasteiger partial charge in [-0.2, -0.15) is 0 Å². The number of hydrogen-bond donors (Lipinski definition) is 5. The summed E-state index contributed by atoms with van der Waals surface area (Å²) in [6.07, 6.45) is 6.28. The summed E-state index contributed by atoms with van der Waals surface area (Å²) in [5, 5.41) is 0.940. The number of nitrogens with one attached hydrogen (secondary N) is 5. The number of carbonyl (C=O) groups is 5. The summed E-state index contributed by atoms with van der Waals surface area (Å²) in [5.74, 6) is 3.31. The fraction of sp³-hybridized carbons (Fsp3) is 0.479. The summed E-state index contributed by atoms with van der Waals surface area (Å²) < 4.78 is 37.0. The van der Waals surface area contributed by atoms with E-state index in [1.807, 2.05) is 65.0 Å². The van der Waals surface area contributed by atoms with Crippen molar-refractivity contribution in [3.63, 3.8) is 0 Å². The minimum absolute atomic E-state index is 0. The van der Waals surface area contributed by atoms with E-state index in [-0.39, 0.29) is 59.4 Å². The van der Waals surface area contributed by atoms with E-state index in [0.717, 1.165) is 53.7 Å². The van der Waals surface area contributed by atoms with Crippen molar-refractivity contribution in [1.29, 1.82) is 0 Å². The van der Waals surface area contributed by atoms with Crippen LogP contribution in [0.15, 0.2) is 91.5 Å². The Kier molecular flexibility index (Phi) is 32.0. The third-order valence-electron chi connectivity index (χ3n) is 15.3. The fourth-order valence-electron chi connectivity index (χ4n) is 9.70. The average molecular weight is 1270 g/mol. The summed E-state index contributed by atoms with van der Waals surface area (Å²) in [5.41, 5.74) is 21.1. The van der Waals surface area contributed by atoms with Gasteiger partial charge in [0.05, 0.1) is 55.8 Å². The topological polar surface area (TPSA) is 213 Å². The minimum atomic E-state index is -0.526. The zero-order valence-electron chi connectivity index (χ0n) is 57.8. The van der Waals surface area contributed by atoms with Crippen molar-refractivity contribution in [2.75, 3.05) is 49.8 Å². The molecule has 18 nitrogen and oxygen atoms in total. The Morgan fingerprint density at radius 1 is 0.489 bits per heavy atom. The Labute approximate surface area is 543 Å². The second kappa shape index (κ2) is 36.8. The van der Waals surface area contributed by atoms with Crippen molar-refractivity contribution in [2.24, 2.45) is 16.2 Å². The van der Waals surface area contributed by atoms with E-state index in [9.17, 15) is 24.0 Å². The van der Waals surface area contributed by atoms with E-state index in [4.69, 9.17) is 44.8 Å². The molecule has 0 aromatic heterocycles. The number of ether oxygens (including phenoxy) is 7. The smallest absolute Gasteiger partial charge is 0.272 e. The maximum absolute atomic E-state index is 13.9. The molecule has 4 amide bonds. The van der Waals surface area contributed by atoms with Crippen LogP contribution in [0.1, 0.15) is 189 Å². The number of nitrogens with zero attached hydrogens (tertiary/aromatic N) is 1. The normalized spacial score (nSPS) is 12.0. The Hall–Kier alpha value is -7.80. The maximum atomic E-state index is 13.9. The van der Waals surface area contributed by atoms with Crippen LogP contribution in [0.4, 0.5) is 0 Å². The molecule has 0 heterocycles. The SMILES string of the molecule is C=CC[C@@H](NNC(=O)c1cccc(OC)c1C)C(C)(C)C.CCC[C@@H](N(NC(=O)c1cccc(OC)c1C)C(=O)c1cc(OC)c(C)c(OC)c1)C(C)(C)C.CCC[C@@H](NNC(=O)c1cccc(OC)c1C)C(C)(C)C.COc1cc(C(=O)Cl)cc(OC)c1C.[HH]. The first-order chi connectivity index (χ1) is 42.2. The lowest BCUT2D eigenvalue weighted by Gasteiger charge is -2.40. The zero-order valence-corrected chi connectivity index (χ0v) is 58.5. The molecule has 498 valence electrons. The van der Waals surface area contributed by atoms with Gasteiger partial charge < -0.3 is 33.2 Å². The number of rotatable bonds is 23. The quantitative estimate of drug-likeness (QED) is 0.0234. The Balaban J connectivity index is 0.000000635. The Bertz CT molecular complexity index is 3140. The first-order valence-corrected chi connectivity index (χ1v) is 30.5. The van der Waals surface area contributed by atoms with Crippen LogP contribution in [0.3, 0.4) is 0 Å². The molecule has 0 saturated heterocycles. The van der Waals surface area contributed by atoms with E-state index in [1.54, 1.807) is 90.1 Å². The van der Waals surface area contributed by atoms with Crippen LogP contribution in [-0.2, 0) is 0 Å². The van der Waals surface area contributed by atoms with Crippen LogP contribution in [0.25, 0.3) is 0 Å². The number of halogens is 1. The molecule has 5 N–H and O–H groups in total. The molecule has 5 rings (SSSR count). The standard InChI is InChI=1S/C27H38N2O5.C17H28N2O2.C17H26N2O2.C10H11ClO3.H2/c1-10-12-24(27(4,5)6)29(28-25(30)20-13-11-14-21(32-7)17(20)2)26(31)19-15-22(33-8)18(3)23(16-19)34-9;2*1-7-9-15(17(3,4)5)18-19-16(20)13-10-8-11-14(21-6)12(13)2;1-6-8(13-2)4-7(10(11)12)5-9(6)14-3;/h11,13-16,24H,10,12H2,1-9H3,(H,28,30);8,10-11,15,18H,7,9H2,1-6H3,(H,19,20);7-8,10-11,15,18H,1,9H2,2-6H3,(H,19,20);4-5H,1-3H3;1H/t24-;2*15-;;/m111../s1. The van der Waals surface area contributed by atoms with Crippen LogP contribution < -0.4 is 60.3 Å². The summed E-state index contributed by atoms with van der Waals surface area (Å²) in [6, 6.07) is 22.9. The van der Waals surface area contributed by atoms with E-state index in [1.165, 1.54) is 19.2 Å². The molecule has 90 heavy (non-hydrogen) atoms. The van der Waals surface area contributed by atoms with E-state index < -0.39 is 5.24 Å². The minimum Gasteiger partial charge on any atom is -0.496 e. The molecule has 0 aliphatic carbocycles. The molecule has 5 aromatic carbocycles. The molecule has 0 spiro atoms. The van der Waals surface area contributed by atoms with Crippen LogP contribution in [0.2, 0.25) is 0 Å². The molecule has 0 saturated carbocycles. The van der Waals surface area contributed by atoms with Gasteiger partial charge in [0.2, 0.25) is 0 Å². The van der Waals surface area contributed by atoms with Crippen molar-refractivity contribution in [3.05, 3.63) is 147 Å². The summed E-state index contributed by atoms with van der Waals surface area (Å²) in [7, 11) is 10.9. The van der Waals surface area contributed by atoms with Crippen LogP contribution in [0, 0.1) is 50.9 Å². The largest absolute Gasteiger partial charge is 0.496 e.